The first-order chi connectivity index (χ1) is 46.0. The Bertz CT molecular complexity index is 1860. The average molecular weight is 1340 g/mol. The SMILES string of the molecule is CC/C=C\C/C=C\C/C=C\C/C=C\C/C=C\C/C=C\CCCCCCCCCCCCCCC(=O)OC(COC(=O)CCCCCCCCCCCCCCCCCCCCCCCCCCCCC/C=C\CCCCCCCCCC)COP(=O)([O-])OCC[N+](C)(C)C. The van der Waals surface area contributed by atoms with Crippen molar-refractivity contribution in [3.05, 3.63) is 85.1 Å². The van der Waals surface area contributed by atoms with Gasteiger partial charge < -0.3 is 27.9 Å². The first kappa shape index (κ1) is 91.2. The summed E-state index contributed by atoms with van der Waals surface area (Å²) in [6, 6.07) is 0. The monoisotopic (exact) mass is 1340 g/mol. The Hall–Kier alpha value is -2.81. The van der Waals surface area contributed by atoms with Crippen LogP contribution < -0.4 is 4.89 Å². The number of esters is 2. The van der Waals surface area contributed by atoms with Crippen LogP contribution in [0.5, 0.6) is 0 Å². The van der Waals surface area contributed by atoms with E-state index in [0.29, 0.717) is 17.4 Å². The largest absolute Gasteiger partial charge is 0.756 e. The standard InChI is InChI=1S/C84H154NO8P/c1-6-8-10-12-14-16-18-20-22-24-26-28-30-32-34-36-38-39-40-41-42-43-44-45-47-48-50-52-54-56-58-60-62-64-66-68-70-72-74-76-83(86)90-80-82(81-92-94(88,89)91-79-78-85(3,4)5)93-84(87)77-75-73-71-69-67-65-63-61-59-57-55-53-51-49-46-37-35-33-31-29-27-25-23-21-19-17-15-13-11-9-7-2/h9,11,15,17,21,23-24,26-27,29,33,35,46,49,82H,6-8,10,12-14,16,18-20,22,25,28,30-32,34,36-45,47-48,50-81H2,1-5H3/b11-9-,17-15-,23-21-,26-24-,29-27-,35-33-,49-46-. The van der Waals surface area contributed by atoms with Crippen LogP contribution in [0.1, 0.15) is 386 Å². The molecule has 2 unspecified atom stereocenters. The molecule has 0 radical (unpaired) electrons. The van der Waals surface area contributed by atoms with E-state index in [2.05, 4.69) is 98.9 Å². The second-order valence-electron chi connectivity index (χ2n) is 28.4. The first-order valence-electron chi connectivity index (χ1n) is 40.3. The van der Waals surface area contributed by atoms with Crippen molar-refractivity contribution in [2.24, 2.45) is 0 Å². The number of quaternary nitrogens is 1. The van der Waals surface area contributed by atoms with E-state index in [1.807, 2.05) is 21.1 Å². The average Bonchev–Trinajstić information content (AvgIpc) is 1.66. The Morgan fingerprint density at radius 1 is 0.340 bits per heavy atom. The second-order valence-corrected chi connectivity index (χ2v) is 29.8. The predicted molar refractivity (Wildman–Crippen MR) is 406 cm³/mol. The van der Waals surface area contributed by atoms with E-state index < -0.39 is 26.5 Å². The molecule has 10 heteroatoms. The maximum atomic E-state index is 12.9. The molecule has 0 aromatic rings. The molecule has 0 aliphatic carbocycles. The minimum absolute atomic E-state index is 0.0320. The van der Waals surface area contributed by atoms with Gasteiger partial charge in [0.05, 0.1) is 27.7 Å². The van der Waals surface area contributed by atoms with Crippen LogP contribution >= 0.6 is 7.82 Å². The zero-order valence-electron chi connectivity index (χ0n) is 62.7. The summed E-state index contributed by atoms with van der Waals surface area (Å²) in [5.74, 6) is -0.821. The lowest BCUT2D eigenvalue weighted by Crippen LogP contribution is -2.37. The quantitative estimate of drug-likeness (QED) is 0.0195. The van der Waals surface area contributed by atoms with E-state index in [1.165, 1.54) is 276 Å². The molecule has 94 heavy (non-hydrogen) atoms. The number of hydrogen-bond acceptors (Lipinski definition) is 8. The molecule has 2 atom stereocenters. The summed E-state index contributed by atoms with van der Waals surface area (Å²) in [5.41, 5.74) is 0. The summed E-state index contributed by atoms with van der Waals surface area (Å²) in [5, 5.41) is 0. The number of nitrogens with zero attached hydrogens (tertiary/aromatic N) is 1. The number of unbranched alkanes of at least 4 members (excludes halogenated alkanes) is 47. The zero-order valence-corrected chi connectivity index (χ0v) is 63.6. The van der Waals surface area contributed by atoms with E-state index in [9.17, 15) is 19.0 Å². The van der Waals surface area contributed by atoms with Crippen molar-refractivity contribution in [2.45, 2.75) is 392 Å². The highest BCUT2D eigenvalue weighted by molar-refractivity contribution is 7.45. The topological polar surface area (TPSA) is 111 Å². The van der Waals surface area contributed by atoms with Gasteiger partial charge in [-0.1, -0.05) is 369 Å². The molecule has 0 amide bonds. The lowest BCUT2D eigenvalue weighted by atomic mass is 10.0. The smallest absolute Gasteiger partial charge is 0.306 e. The van der Waals surface area contributed by atoms with Crippen LogP contribution in [0.3, 0.4) is 0 Å². The molecule has 548 valence electrons. The van der Waals surface area contributed by atoms with Crippen LogP contribution in [0.2, 0.25) is 0 Å². The molecule has 0 aromatic carbocycles. The number of likely N-dealkylation sites (N-methyl/N-ethyl adjacent to an activating group) is 1. The van der Waals surface area contributed by atoms with Crippen molar-refractivity contribution in [3.63, 3.8) is 0 Å². The molecule has 0 spiro atoms. The summed E-state index contributed by atoms with van der Waals surface area (Å²) >= 11 is 0. The fourth-order valence-electron chi connectivity index (χ4n) is 11.8. The second kappa shape index (κ2) is 74.4. The van der Waals surface area contributed by atoms with E-state index in [1.54, 1.807) is 0 Å². The van der Waals surface area contributed by atoms with Gasteiger partial charge in [-0.15, -0.1) is 0 Å². The van der Waals surface area contributed by atoms with Gasteiger partial charge in [0.15, 0.2) is 6.10 Å². The van der Waals surface area contributed by atoms with Crippen LogP contribution in [-0.4, -0.2) is 70.0 Å². The number of allylic oxidation sites excluding steroid dienone is 14. The molecule has 0 saturated carbocycles. The number of carbonyl (C=O) groups is 2. The van der Waals surface area contributed by atoms with Gasteiger partial charge in [-0.2, -0.15) is 0 Å². The van der Waals surface area contributed by atoms with E-state index in [0.717, 1.165) is 77.0 Å². The molecule has 0 rings (SSSR count). The highest BCUT2D eigenvalue weighted by Crippen LogP contribution is 2.38. The van der Waals surface area contributed by atoms with Crippen LogP contribution in [0.15, 0.2) is 85.1 Å². The van der Waals surface area contributed by atoms with Crippen LogP contribution in [0.4, 0.5) is 0 Å². The molecule has 9 nitrogen and oxygen atoms in total. The summed E-state index contributed by atoms with van der Waals surface area (Å²) in [6.07, 6.45) is 103. The van der Waals surface area contributed by atoms with Crippen molar-refractivity contribution >= 4 is 19.8 Å². The number of ether oxygens (including phenoxy) is 2. The van der Waals surface area contributed by atoms with Gasteiger partial charge in [-0.3, -0.25) is 14.2 Å². The number of hydrogen-bond donors (Lipinski definition) is 0. The Morgan fingerprint density at radius 2 is 0.606 bits per heavy atom. The van der Waals surface area contributed by atoms with E-state index in [4.69, 9.17) is 18.5 Å². The van der Waals surface area contributed by atoms with Gasteiger partial charge >= 0.3 is 11.9 Å². The Labute approximate surface area is 583 Å². The number of phosphoric ester groups is 1. The molecule has 0 bridgehead atoms. The van der Waals surface area contributed by atoms with Gasteiger partial charge in [-0.05, 0) is 89.9 Å². The van der Waals surface area contributed by atoms with Crippen molar-refractivity contribution in [1.82, 2.24) is 0 Å². The molecule has 0 fully saturated rings. The maximum absolute atomic E-state index is 12.9. The summed E-state index contributed by atoms with van der Waals surface area (Å²) in [6.45, 7) is 4.18. The number of rotatable bonds is 75. The fourth-order valence-corrected chi connectivity index (χ4v) is 12.5. The third-order valence-electron chi connectivity index (χ3n) is 17.9. The molecule has 0 heterocycles. The van der Waals surface area contributed by atoms with Gasteiger partial charge in [0, 0.05) is 12.8 Å². The van der Waals surface area contributed by atoms with Crippen molar-refractivity contribution in [2.75, 3.05) is 47.5 Å². The number of carbonyl (C=O) groups excluding carboxylic acids is 2. The highest BCUT2D eigenvalue weighted by Gasteiger charge is 2.22. The molecular weight excluding hydrogens is 1180 g/mol. The van der Waals surface area contributed by atoms with Crippen molar-refractivity contribution in [1.29, 1.82) is 0 Å². The van der Waals surface area contributed by atoms with Gasteiger partial charge in [0.1, 0.15) is 19.8 Å². The van der Waals surface area contributed by atoms with Gasteiger partial charge in [0.2, 0.25) is 0 Å². The Morgan fingerprint density at radius 3 is 0.915 bits per heavy atom. The van der Waals surface area contributed by atoms with Gasteiger partial charge in [0.25, 0.3) is 7.82 Å². The molecular formula is C84H154NO8P. The molecule has 0 N–H and O–H groups in total. The molecule has 0 saturated heterocycles. The molecule has 0 aliphatic heterocycles. The fraction of sp³-hybridized carbons (Fsp3) is 0.810. The highest BCUT2D eigenvalue weighted by atomic mass is 31.2. The van der Waals surface area contributed by atoms with E-state index in [-0.39, 0.29) is 32.0 Å². The number of phosphoric acid groups is 1. The Kier molecular flexibility index (Phi) is 72.2. The van der Waals surface area contributed by atoms with E-state index >= 15 is 0 Å². The minimum Gasteiger partial charge on any atom is -0.756 e. The molecule has 0 aliphatic rings. The van der Waals surface area contributed by atoms with Crippen LogP contribution in [0, 0.1) is 0 Å². The third-order valence-corrected chi connectivity index (χ3v) is 18.9. The normalized spacial score (nSPS) is 13.5. The zero-order chi connectivity index (χ0) is 68.3. The lowest BCUT2D eigenvalue weighted by Gasteiger charge is -2.28. The summed E-state index contributed by atoms with van der Waals surface area (Å²) in [4.78, 5) is 38.2. The first-order valence-corrected chi connectivity index (χ1v) is 41.8. The summed E-state index contributed by atoms with van der Waals surface area (Å²) in [7, 11) is 1.17. The third kappa shape index (κ3) is 78.2. The Balaban J connectivity index is 3.92. The van der Waals surface area contributed by atoms with Crippen LogP contribution in [0.25, 0.3) is 0 Å². The minimum atomic E-state index is -4.65. The van der Waals surface area contributed by atoms with Crippen molar-refractivity contribution < 1.29 is 42.1 Å². The van der Waals surface area contributed by atoms with Crippen LogP contribution in [-0.2, 0) is 32.7 Å². The predicted octanol–water partition coefficient (Wildman–Crippen LogP) is 26.2. The maximum Gasteiger partial charge on any atom is 0.306 e. The van der Waals surface area contributed by atoms with Gasteiger partial charge in [-0.25, -0.2) is 0 Å². The van der Waals surface area contributed by atoms with Crippen molar-refractivity contribution in [3.8, 4) is 0 Å². The molecule has 0 aromatic heterocycles. The summed E-state index contributed by atoms with van der Waals surface area (Å²) < 4.78 is 34.4. The lowest BCUT2D eigenvalue weighted by molar-refractivity contribution is -0.870.